The summed E-state index contributed by atoms with van der Waals surface area (Å²) < 4.78 is 14.2. The Balaban J connectivity index is 1.34. The molecule has 9 heteroatoms. The van der Waals surface area contributed by atoms with E-state index in [9.17, 15) is 19.1 Å². The molecule has 1 aliphatic heterocycles. The lowest BCUT2D eigenvalue weighted by Crippen LogP contribution is -2.46. The van der Waals surface area contributed by atoms with E-state index in [0.29, 0.717) is 32.0 Å². The van der Waals surface area contributed by atoms with Crippen LogP contribution in [0.25, 0.3) is 0 Å². The number of piperazine rings is 1. The van der Waals surface area contributed by atoms with Crippen LogP contribution >= 0.6 is 11.6 Å². The van der Waals surface area contributed by atoms with Gasteiger partial charge in [0, 0.05) is 52.0 Å². The third-order valence-electron chi connectivity index (χ3n) is 6.34. The van der Waals surface area contributed by atoms with E-state index in [1.54, 1.807) is 23.2 Å². The van der Waals surface area contributed by atoms with Crippen molar-refractivity contribution in [3.05, 3.63) is 93.9 Å². The summed E-state index contributed by atoms with van der Waals surface area (Å²) in [5, 5.41) is 9.53. The molecule has 1 saturated heterocycles. The highest BCUT2D eigenvalue weighted by Crippen LogP contribution is 2.23. The molecular formula is C27H28ClFN4O3. The Labute approximate surface area is 214 Å². The van der Waals surface area contributed by atoms with Crippen molar-refractivity contribution < 1.29 is 19.1 Å². The van der Waals surface area contributed by atoms with E-state index in [4.69, 9.17) is 11.6 Å². The first-order valence-electron chi connectivity index (χ1n) is 11.8. The van der Waals surface area contributed by atoms with Crippen molar-refractivity contribution in [1.29, 1.82) is 0 Å². The fourth-order valence-corrected chi connectivity index (χ4v) is 4.59. The molecule has 0 saturated carbocycles. The Morgan fingerprint density at radius 3 is 2.36 bits per heavy atom. The van der Waals surface area contributed by atoms with Crippen LogP contribution in [-0.4, -0.2) is 64.5 Å². The number of hydrogen-bond acceptors (Lipinski definition) is 5. The quantitative estimate of drug-likeness (QED) is 0.479. The Morgan fingerprint density at radius 2 is 1.72 bits per heavy atom. The minimum atomic E-state index is -0.971. The number of halogens is 2. The zero-order chi connectivity index (χ0) is 25.7. The van der Waals surface area contributed by atoms with Gasteiger partial charge in [-0.3, -0.25) is 9.69 Å². The molecule has 2 aromatic carbocycles. The smallest absolute Gasteiger partial charge is 0.339 e. The van der Waals surface area contributed by atoms with E-state index < -0.39 is 17.7 Å². The van der Waals surface area contributed by atoms with Gasteiger partial charge >= 0.3 is 5.97 Å². The molecule has 1 aromatic heterocycles. The average Bonchev–Trinajstić information content (AvgIpc) is 2.88. The lowest BCUT2D eigenvalue weighted by Gasteiger charge is -2.35. The van der Waals surface area contributed by atoms with Crippen LogP contribution in [0, 0.1) is 5.82 Å². The number of hydrogen-bond donors (Lipinski definition) is 1. The van der Waals surface area contributed by atoms with Crippen molar-refractivity contribution in [1.82, 2.24) is 14.8 Å². The SMILES string of the molecule is CCN(Cc1ccc(CN2CCN(c3ncccc3C(=O)O)CC2)cc1)C(=O)c1c(F)cccc1Cl. The molecule has 2 heterocycles. The van der Waals surface area contributed by atoms with Crippen LogP contribution in [0.3, 0.4) is 0 Å². The van der Waals surface area contributed by atoms with Crippen molar-refractivity contribution in [2.24, 2.45) is 0 Å². The number of carboxylic acid groups (broad SMARTS) is 1. The number of aromatic nitrogens is 1. The summed E-state index contributed by atoms with van der Waals surface area (Å²) in [6.45, 7) is 6.37. The first-order chi connectivity index (χ1) is 17.4. The van der Waals surface area contributed by atoms with E-state index in [1.807, 2.05) is 36.1 Å². The standard InChI is InChI=1S/C27H28ClFN4O3/c1-2-32(26(34)24-22(28)6-3-7-23(24)29)18-20-10-8-19(9-11-20)17-31-13-15-33(16-14-31)25-21(27(35)36)5-4-12-30-25/h3-12H,2,13-18H2,1H3,(H,35,36). The number of carboxylic acids is 1. The van der Waals surface area contributed by atoms with Crippen LogP contribution in [0.5, 0.6) is 0 Å². The van der Waals surface area contributed by atoms with Crippen molar-refractivity contribution in [2.45, 2.75) is 20.0 Å². The third-order valence-corrected chi connectivity index (χ3v) is 6.65. The van der Waals surface area contributed by atoms with E-state index in [2.05, 4.69) is 9.88 Å². The number of rotatable bonds is 8. The second-order valence-corrected chi connectivity index (χ2v) is 9.08. The number of benzene rings is 2. The number of carbonyl (C=O) groups is 2. The maximum absolute atomic E-state index is 14.2. The molecule has 1 amide bonds. The molecule has 0 atom stereocenters. The number of pyridine rings is 1. The molecule has 3 aromatic rings. The van der Waals surface area contributed by atoms with Gasteiger partial charge in [-0.25, -0.2) is 14.2 Å². The largest absolute Gasteiger partial charge is 0.478 e. The molecule has 36 heavy (non-hydrogen) atoms. The van der Waals surface area contributed by atoms with Crippen LogP contribution < -0.4 is 4.90 Å². The first kappa shape index (κ1) is 25.6. The van der Waals surface area contributed by atoms with Gasteiger partial charge < -0.3 is 14.9 Å². The lowest BCUT2D eigenvalue weighted by atomic mass is 10.1. The Bertz CT molecular complexity index is 1210. The van der Waals surface area contributed by atoms with Gasteiger partial charge in [0.25, 0.3) is 5.91 Å². The molecule has 4 rings (SSSR count). The highest BCUT2D eigenvalue weighted by molar-refractivity contribution is 6.33. The van der Waals surface area contributed by atoms with Gasteiger partial charge in [0.1, 0.15) is 17.2 Å². The predicted molar refractivity (Wildman–Crippen MR) is 137 cm³/mol. The fourth-order valence-electron chi connectivity index (χ4n) is 4.35. The predicted octanol–water partition coefficient (Wildman–Crippen LogP) is 4.56. The minimum absolute atomic E-state index is 0.0991. The van der Waals surface area contributed by atoms with E-state index in [-0.39, 0.29) is 16.1 Å². The van der Waals surface area contributed by atoms with Gasteiger partial charge in [-0.2, -0.15) is 0 Å². The highest BCUT2D eigenvalue weighted by atomic mass is 35.5. The summed E-state index contributed by atoms with van der Waals surface area (Å²) in [7, 11) is 0. The summed E-state index contributed by atoms with van der Waals surface area (Å²) in [5.41, 5.74) is 2.21. The minimum Gasteiger partial charge on any atom is -0.478 e. The van der Waals surface area contributed by atoms with Gasteiger partial charge in [-0.15, -0.1) is 0 Å². The molecule has 1 fully saturated rings. The molecule has 1 N–H and O–H groups in total. The number of aromatic carboxylic acids is 1. The summed E-state index contributed by atoms with van der Waals surface area (Å²) in [6.07, 6.45) is 1.62. The molecule has 0 unspecified atom stereocenters. The van der Waals surface area contributed by atoms with Crippen LogP contribution in [0.2, 0.25) is 5.02 Å². The first-order valence-corrected chi connectivity index (χ1v) is 12.2. The van der Waals surface area contributed by atoms with Crippen molar-refractivity contribution in [3.63, 3.8) is 0 Å². The van der Waals surface area contributed by atoms with Gasteiger partial charge in [0.15, 0.2) is 0 Å². The zero-order valence-electron chi connectivity index (χ0n) is 20.0. The second kappa shape index (κ2) is 11.5. The molecule has 0 bridgehead atoms. The Kier molecular flexibility index (Phi) is 8.18. The maximum Gasteiger partial charge on any atom is 0.339 e. The monoisotopic (exact) mass is 510 g/mol. The van der Waals surface area contributed by atoms with E-state index in [0.717, 1.165) is 30.8 Å². The number of carbonyl (C=O) groups excluding carboxylic acids is 1. The van der Waals surface area contributed by atoms with Crippen LogP contribution in [0.4, 0.5) is 10.2 Å². The zero-order valence-corrected chi connectivity index (χ0v) is 20.8. The van der Waals surface area contributed by atoms with Gasteiger partial charge in [-0.05, 0) is 42.3 Å². The van der Waals surface area contributed by atoms with Crippen molar-refractivity contribution >= 4 is 29.3 Å². The Morgan fingerprint density at radius 1 is 1.03 bits per heavy atom. The normalized spacial score (nSPS) is 14.0. The van der Waals surface area contributed by atoms with Crippen LogP contribution in [0.1, 0.15) is 38.8 Å². The summed E-state index contributed by atoms with van der Waals surface area (Å²) in [5.74, 6) is -1.51. The van der Waals surface area contributed by atoms with Gasteiger partial charge in [0.2, 0.25) is 0 Å². The Hall–Kier alpha value is -3.49. The molecule has 1 aliphatic rings. The molecule has 0 radical (unpaired) electrons. The van der Waals surface area contributed by atoms with Crippen LogP contribution in [-0.2, 0) is 13.1 Å². The maximum atomic E-state index is 14.2. The average molecular weight is 511 g/mol. The highest BCUT2D eigenvalue weighted by Gasteiger charge is 2.23. The van der Waals surface area contributed by atoms with E-state index >= 15 is 0 Å². The second-order valence-electron chi connectivity index (χ2n) is 8.68. The number of amides is 1. The summed E-state index contributed by atoms with van der Waals surface area (Å²) >= 11 is 6.08. The van der Waals surface area contributed by atoms with Crippen molar-refractivity contribution in [2.75, 3.05) is 37.6 Å². The summed E-state index contributed by atoms with van der Waals surface area (Å²) in [4.78, 5) is 34.6. The fraction of sp³-hybridized carbons (Fsp3) is 0.296. The third kappa shape index (κ3) is 5.83. The number of nitrogens with zero attached hydrogens (tertiary/aromatic N) is 4. The summed E-state index contributed by atoms with van der Waals surface area (Å²) in [6, 6.07) is 15.5. The molecule has 0 spiro atoms. The van der Waals surface area contributed by atoms with Gasteiger partial charge in [-0.1, -0.05) is 41.9 Å². The molecule has 7 nitrogen and oxygen atoms in total. The lowest BCUT2D eigenvalue weighted by molar-refractivity contribution is 0.0695. The molecule has 0 aliphatic carbocycles. The molecular weight excluding hydrogens is 483 g/mol. The van der Waals surface area contributed by atoms with Gasteiger partial charge in [0.05, 0.1) is 10.6 Å². The number of anilines is 1. The molecule has 188 valence electrons. The topological polar surface area (TPSA) is 77.0 Å². The van der Waals surface area contributed by atoms with Crippen molar-refractivity contribution in [3.8, 4) is 0 Å². The van der Waals surface area contributed by atoms with E-state index in [1.165, 1.54) is 18.2 Å². The van der Waals surface area contributed by atoms with Crippen LogP contribution in [0.15, 0.2) is 60.8 Å².